The van der Waals surface area contributed by atoms with E-state index in [-0.39, 0.29) is 12.0 Å². The van der Waals surface area contributed by atoms with E-state index >= 15 is 0 Å². The van der Waals surface area contributed by atoms with Gasteiger partial charge in [0.1, 0.15) is 11.9 Å². The maximum absolute atomic E-state index is 13.2. The summed E-state index contributed by atoms with van der Waals surface area (Å²) < 4.78 is 5.71. The molecule has 1 atom stereocenters. The zero-order valence-electron chi connectivity index (χ0n) is 15.5. The Morgan fingerprint density at radius 2 is 2.00 bits per heavy atom. The van der Waals surface area contributed by atoms with Gasteiger partial charge < -0.3 is 15.0 Å². The van der Waals surface area contributed by atoms with Gasteiger partial charge in [0.15, 0.2) is 0 Å². The van der Waals surface area contributed by atoms with Gasteiger partial charge in [-0.25, -0.2) is 4.98 Å². The van der Waals surface area contributed by atoms with E-state index < -0.39 is 5.41 Å². The third-order valence-corrected chi connectivity index (χ3v) is 6.28. The number of carbonyl (C=O) groups is 1. The van der Waals surface area contributed by atoms with Crippen LogP contribution in [0.15, 0.2) is 42.5 Å². The number of nitrogens with one attached hydrogen (secondary N) is 2. The maximum Gasteiger partial charge on any atom is 0.235 e. The predicted octanol–water partition coefficient (Wildman–Crippen LogP) is 5.13. The monoisotopic (exact) mass is 395 g/mol. The van der Waals surface area contributed by atoms with Crippen LogP contribution in [0.1, 0.15) is 49.6 Å². The first kappa shape index (κ1) is 17.7. The first-order valence-corrected chi connectivity index (χ1v) is 10.2. The third-order valence-electron chi connectivity index (χ3n) is 6.03. The number of amides is 1. The van der Waals surface area contributed by atoms with Gasteiger partial charge in [-0.2, -0.15) is 0 Å². The van der Waals surface area contributed by atoms with Crippen LogP contribution in [0.3, 0.4) is 0 Å². The highest BCUT2D eigenvalue weighted by atomic mass is 35.5. The number of imidazole rings is 1. The summed E-state index contributed by atoms with van der Waals surface area (Å²) in [5.41, 5.74) is 3.15. The third kappa shape index (κ3) is 2.99. The zero-order valence-corrected chi connectivity index (χ0v) is 16.3. The van der Waals surface area contributed by atoms with E-state index in [0.29, 0.717) is 5.02 Å². The summed E-state index contributed by atoms with van der Waals surface area (Å²) in [4.78, 5) is 21.2. The number of anilines is 1. The number of aromatic nitrogens is 2. The minimum absolute atomic E-state index is 0.0410. The fourth-order valence-corrected chi connectivity index (χ4v) is 4.38. The molecule has 1 aliphatic carbocycles. The first-order valence-electron chi connectivity index (χ1n) is 9.83. The smallest absolute Gasteiger partial charge is 0.235 e. The Kier molecular flexibility index (Phi) is 4.37. The van der Waals surface area contributed by atoms with E-state index in [9.17, 15) is 4.79 Å². The molecular weight excluding hydrogens is 374 g/mol. The topological polar surface area (TPSA) is 67.0 Å². The van der Waals surface area contributed by atoms with Crippen molar-refractivity contribution in [3.63, 3.8) is 0 Å². The van der Waals surface area contributed by atoms with Crippen molar-refractivity contribution in [3.05, 3.63) is 58.9 Å². The Morgan fingerprint density at radius 1 is 1.18 bits per heavy atom. The van der Waals surface area contributed by atoms with Gasteiger partial charge in [0.05, 0.1) is 16.4 Å². The number of ether oxygens (including phenoxy) is 1. The van der Waals surface area contributed by atoms with Crippen molar-refractivity contribution in [1.82, 2.24) is 9.97 Å². The number of fused-ring (bicyclic) bond motifs is 1. The number of benzene rings is 2. The van der Waals surface area contributed by atoms with Crippen LogP contribution in [0.5, 0.6) is 0 Å². The first-order chi connectivity index (χ1) is 13.6. The summed E-state index contributed by atoms with van der Waals surface area (Å²) in [5.74, 6) is 0.909. The van der Waals surface area contributed by atoms with Gasteiger partial charge in [-0.1, -0.05) is 30.2 Å². The largest absolute Gasteiger partial charge is 0.370 e. The van der Waals surface area contributed by atoms with Gasteiger partial charge in [0.2, 0.25) is 5.91 Å². The van der Waals surface area contributed by atoms with Crippen molar-refractivity contribution in [3.8, 4) is 0 Å². The molecular formula is C22H22ClN3O2. The Bertz CT molecular complexity index is 1020. The highest BCUT2D eigenvalue weighted by molar-refractivity contribution is 6.30. The quantitative estimate of drug-likeness (QED) is 0.643. The van der Waals surface area contributed by atoms with Gasteiger partial charge in [0, 0.05) is 17.3 Å². The van der Waals surface area contributed by atoms with Crippen molar-refractivity contribution in [2.45, 2.75) is 43.6 Å². The SMILES string of the molecule is O=C(Nc1ccc2nc(C3CCCO3)[nH]c2c1)C1(c2ccc(Cl)cc2)CCC1. The molecule has 144 valence electrons. The fourth-order valence-electron chi connectivity index (χ4n) is 4.25. The number of H-pyrrole nitrogens is 1. The lowest BCUT2D eigenvalue weighted by Crippen LogP contribution is -2.45. The molecule has 1 unspecified atom stereocenters. The average Bonchev–Trinajstić information content (AvgIpc) is 3.31. The minimum atomic E-state index is -0.462. The van der Waals surface area contributed by atoms with E-state index in [1.54, 1.807) is 0 Å². The van der Waals surface area contributed by atoms with E-state index in [4.69, 9.17) is 16.3 Å². The molecule has 1 amide bonds. The summed E-state index contributed by atoms with van der Waals surface area (Å²) in [6, 6.07) is 13.4. The van der Waals surface area contributed by atoms with Crippen LogP contribution in [0.2, 0.25) is 5.02 Å². The van der Waals surface area contributed by atoms with Gasteiger partial charge in [0.25, 0.3) is 0 Å². The highest BCUT2D eigenvalue weighted by Gasteiger charge is 2.45. The summed E-state index contributed by atoms with van der Waals surface area (Å²) in [6.07, 6.45) is 4.88. The molecule has 1 aromatic heterocycles. The molecule has 2 aromatic carbocycles. The lowest BCUT2D eigenvalue weighted by molar-refractivity contribution is -0.124. The standard InChI is InChI=1S/C22H22ClN3O2/c23-15-6-4-14(5-7-15)22(10-2-11-22)21(27)24-16-8-9-17-18(13-16)26-20(25-17)19-3-1-12-28-19/h4-9,13,19H,1-3,10-12H2,(H,24,27)(H,25,26). The molecule has 0 bridgehead atoms. The number of nitrogens with zero attached hydrogens (tertiary/aromatic N) is 1. The van der Waals surface area contributed by atoms with E-state index in [1.165, 1.54) is 0 Å². The van der Waals surface area contributed by atoms with E-state index in [2.05, 4.69) is 15.3 Å². The van der Waals surface area contributed by atoms with E-state index in [0.717, 1.165) is 66.8 Å². The predicted molar refractivity (Wildman–Crippen MR) is 110 cm³/mol. The molecule has 1 saturated heterocycles. The Morgan fingerprint density at radius 3 is 2.68 bits per heavy atom. The van der Waals surface area contributed by atoms with Crippen molar-refractivity contribution in [2.75, 3.05) is 11.9 Å². The molecule has 2 aliphatic rings. The molecule has 2 heterocycles. The van der Waals surface area contributed by atoms with Crippen molar-refractivity contribution in [1.29, 1.82) is 0 Å². The molecule has 1 saturated carbocycles. The van der Waals surface area contributed by atoms with Crippen LogP contribution < -0.4 is 5.32 Å². The molecule has 3 aromatic rings. The van der Waals surface area contributed by atoms with Crippen LogP contribution in [-0.4, -0.2) is 22.5 Å². The molecule has 5 nitrogen and oxygen atoms in total. The maximum atomic E-state index is 13.2. The van der Waals surface area contributed by atoms with Gasteiger partial charge in [-0.05, 0) is 61.6 Å². The molecule has 2 fully saturated rings. The summed E-state index contributed by atoms with van der Waals surface area (Å²) in [5, 5.41) is 3.80. The Labute approximate surface area is 168 Å². The Balaban J connectivity index is 1.39. The molecule has 1 aliphatic heterocycles. The molecule has 28 heavy (non-hydrogen) atoms. The van der Waals surface area contributed by atoms with Crippen LogP contribution in [0, 0.1) is 0 Å². The lowest BCUT2D eigenvalue weighted by atomic mass is 9.64. The second kappa shape index (κ2) is 6.90. The number of carbonyl (C=O) groups excluding carboxylic acids is 1. The summed E-state index contributed by atoms with van der Waals surface area (Å²) >= 11 is 6.02. The number of halogens is 1. The highest BCUT2D eigenvalue weighted by Crippen LogP contribution is 2.45. The van der Waals surface area contributed by atoms with Crippen LogP contribution in [0.25, 0.3) is 11.0 Å². The normalized spacial score (nSPS) is 20.8. The lowest BCUT2D eigenvalue weighted by Gasteiger charge is -2.40. The zero-order chi connectivity index (χ0) is 19.1. The van der Waals surface area contributed by atoms with Gasteiger partial charge >= 0.3 is 0 Å². The van der Waals surface area contributed by atoms with Crippen LogP contribution in [-0.2, 0) is 14.9 Å². The molecule has 0 radical (unpaired) electrons. The molecule has 2 N–H and O–H groups in total. The second-order valence-electron chi connectivity index (χ2n) is 7.75. The molecule has 5 rings (SSSR count). The fraction of sp³-hybridized carbons (Fsp3) is 0.364. The average molecular weight is 396 g/mol. The van der Waals surface area contributed by atoms with E-state index in [1.807, 2.05) is 42.5 Å². The summed E-state index contributed by atoms with van der Waals surface area (Å²) in [6.45, 7) is 0.787. The van der Waals surface area contributed by atoms with Crippen LogP contribution in [0.4, 0.5) is 5.69 Å². The van der Waals surface area contributed by atoms with Crippen molar-refractivity contribution >= 4 is 34.2 Å². The van der Waals surface area contributed by atoms with Crippen molar-refractivity contribution in [2.24, 2.45) is 0 Å². The molecule has 0 spiro atoms. The number of hydrogen-bond acceptors (Lipinski definition) is 3. The number of aromatic amines is 1. The number of hydrogen-bond donors (Lipinski definition) is 2. The van der Waals surface area contributed by atoms with Crippen molar-refractivity contribution < 1.29 is 9.53 Å². The van der Waals surface area contributed by atoms with Gasteiger partial charge in [-0.3, -0.25) is 4.79 Å². The number of rotatable bonds is 4. The second-order valence-corrected chi connectivity index (χ2v) is 8.19. The summed E-state index contributed by atoms with van der Waals surface area (Å²) in [7, 11) is 0. The molecule has 6 heteroatoms. The van der Waals surface area contributed by atoms with Crippen LogP contribution >= 0.6 is 11.6 Å². The van der Waals surface area contributed by atoms with Gasteiger partial charge in [-0.15, -0.1) is 0 Å². The minimum Gasteiger partial charge on any atom is -0.370 e. The Hall–Kier alpha value is -2.37.